The molecule has 96 valence electrons. The van der Waals surface area contributed by atoms with E-state index < -0.39 is 0 Å². The molecule has 0 atom stereocenters. The molecule has 0 aliphatic carbocycles. The first-order valence-electron chi connectivity index (χ1n) is 6.12. The monoisotopic (exact) mass is 272 g/mol. The van der Waals surface area contributed by atoms with Gasteiger partial charge in [-0.05, 0) is 30.7 Å². The van der Waals surface area contributed by atoms with E-state index >= 15 is 0 Å². The van der Waals surface area contributed by atoms with Crippen LogP contribution < -0.4 is 5.73 Å². The predicted molar refractivity (Wildman–Crippen MR) is 77.8 cm³/mol. The van der Waals surface area contributed by atoms with Crippen LogP contribution in [0.1, 0.15) is 5.56 Å². The van der Waals surface area contributed by atoms with Crippen LogP contribution in [0, 0.1) is 5.82 Å². The number of nitrogens with zero attached hydrogens (tertiary/aromatic N) is 1. The lowest BCUT2D eigenvalue weighted by atomic mass is 10.1. The Balaban J connectivity index is 2.13. The number of halogens is 1. The molecule has 3 aromatic rings. The van der Waals surface area contributed by atoms with Gasteiger partial charge >= 0.3 is 0 Å². The van der Waals surface area contributed by atoms with Gasteiger partial charge < -0.3 is 5.73 Å². The highest BCUT2D eigenvalue weighted by atomic mass is 32.1. The summed E-state index contributed by atoms with van der Waals surface area (Å²) in [6.45, 7) is 0.608. The van der Waals surface area contributed by atoms with Crippen LogP contribution in [0.15, 0.2) is 42.5 Å². The zero-order chi connectivity index (χ0) is 13.2. The van der Waals surface area contributed by atoms with E-state index in [0.717, 1.165) is 21.7 Å². The Bertz CT molecular complexity index is 721. The van der Waals surface area contributed by atoms with E-state index in [1.165, 1.54) is 17.7 Å². The summed E-state index contributed by atoms with van der Waals surface area (Å²) in [6.07, 6.45) is 0.820. The Morgan fingerprint density at radius 1 is 1.16 bits per heavy atom. The third-order valence-corrected chi connectivity index (χ3v) is 4.08. The molecule has 0 spiro atoms. The Labute approximate surface area is 114 Å². The third-order valence-electron chi connectivity index (χ3n) is 3.01. The summed E-state index contributed by atoms with van der Waals surface area (Å²) in [4.78, 5) is 4.52. The van der Waals surface area contributed by atoms with Crippen LogP contribution in [0.4, 0.5) is 4.39 Å². The molecule has 1 aromatic heterocycles. The summed E-state index contributed by atoms with van der Waals surface area (Å²) in [5, 5.41) is 0.921. The van der Waals surface area contributed by atoms with Gasteiger partial charge in [-0.3, -0.25) is 0 Å². The van der Waals surface area contributed by atoms with E-state index in [4.69, 9.17) is 5.73 Å². The quantitative estimate of drug-likeness (QED) is 0.791. The molecular weight excluding hydrogens is 259 g/mol. The van der Waals surface area contributed by atoms with Crippen molar-refractivity contribution in [3.63, 3.8) is 0 Å². The molecule has 1 heterocycles. The van der Waals surface area contributed by atoms with Gasteiger partial charge in [0.25, 0.3) is 0 Å². The maximum absolute atomic E-state index is 13.2. The molecule has 0 fully saturated rings. The molecule has 0 aliphatic rings. The second kappa shape index (κ2) is 5.07. The van der Waals surface area contributed by atoms with E-state index in [2.05, 4.69) is 11.1 Å². The number of hydrogen-bond acceptors (Lipinski definition) is 3. The first-order chi connectivity index (χ1) is 9.28. The maximum Gasteiger partial charge on any atom is 0.125 e. The van der Waals surface area contributed by atoms with E-state index in [9.17, 15) is 4.39 Å². The van der Waals surface area contributed by atoms with Gasteiger partial charge in [0.15, 0.2) is 0 Å². The largest absolute Gasteiger partial charge is 0.330 e. The Morgan fingerprint density at radius 2 is 2.00 bits per heavy atom. The van der Waals surface area contributed by atoms with Crippen LogP contribution in [0.3, 0.4) is 0 Å². The highest BCUT2D eigenvalue weighted by molar-refractivity contribution is 7.21. The van der Waals surface area contributed by atoms with Crippen molar-refractivity contribution >= 4 is 21.6 Å². The molecular formula is C15H13FN2S. The number of rotatable bonds is 3. The van der Waals surface area contributed by atoms with Gasteiger partial charge in [-0.1, -0.05) is 24.3 Å². The van der Waals surface area contributed by atoms with Gasteiger partial charge in [-0.2, -0.15) is 0 Å². The van der Waals surface area contributed by atoms with Crippen LogP contribution >= 0.6 is 11.3 Å². The summed E-state index contributed by atoms with van der Waals surface area (Å²) in [5.74, 6) is -0.250. The summed E-state index contributed by atoms with van der Waals surface area (Å²) in [6, 6.07) is 12.8. The van der Waals surface area contributed by atoms with Crippen molar-refractivity contribution in [2.24, 2.45) is 5.73 Å². The molecule has 0 saturated carbocycles. The summed E-state index contributed by atoms with van der Waals surface area (Å²) < 4.78 is 14.2. The Morgan fingerprint density at radius 3 is 2.84 bits per heavy atom. The second-order valence-corrected chi connectivity index (χ2v) is 5.36. The molecule has 0 unspecified atom stereocenters. The lowest BCUT2D eigenvalue weighted by molar-refractivity contribution is 0.629. The zero-order valence-corrected chi connectivity index (χ0v) is 11.1. The lowest BCUT2D eigenvalue weighted by Crippen LogP contribution is -2.03. The van der Waals surface area contributed by atoms with Gasteiger partial charge in [0.2, 0.25) is 0 Å². The van der Waals surface area contributed by atoms with Crippen LogP contribution in [0.25, 0.3) is 20.8 Å². The molecule has 3 rings (SSSR count). The highest BCUT2D eigenvalue weighted by Crippen LogP contribution is 2.32. The molecule has 0 amide bonds. The summed E-state index contributed by atoms with van der Waals surface area (Å²) >= 11 is 1.58. The second-order valence-electron chi connectivity index (χ2n) is 4.33. The number of hydrogen-bond donors (Lipinski definition) is 1. The molecule has 2 aromatic carbocycles. The van der Waals surface area contributed by atoms with Crippen molar-refractivity contribution in [1.82, 2.24) is 4.98 Å². The molecule has 4 heteroatoms. The van der Waals surface area contributed by atoms with Gasteiger partial charge in [0.1, 0.15) is 10.8 Å². The van der Waals surface area contributed by atoms with Gasteiger partial charge in [0, 0.05) is 11.6 Å². The highest BCUT2D eigenvalue weighted by Gasteiger charge is 2.10. The minimum Gasteiger partial charge on any atom is -0.330 e. The number of fused-ring (bicyclic) bond motifs is 1. The Hall–Kier alpha value is -1.78. The molecule has 0 radical (unpaired) electrons. The van der Waals surface area contributed by atoms with Crippen molar-refractivity contribution < 1.29 is 4.39 Å². The average Bonchev–Trinajstić information content (AvgIpc) is 2.82. The molecule has 2 nitrogen and oxygen atoms in total. The minimum atomic E-state index is -0.250. The molecule has 0 saturated heterocycles. The fraction of sp³-hybridized carbons (Fsp3) is 0.133. The number of thiazole rings is 1. The number of aromatic nitrogens is 1. The van der Waals surface area contributed by atoms with Crippen molar-refractivity contribution in [1.29, 1.82) is 0 Å². The van der Waals surface area contributed by atoms with Crippen LogP contribution in [-0.2, 0) is 6.42 Å². The normalized spacial score (nSPS) is 11.1. The van der Waals surface area contributed by atoms with E-state index in [0.29, 0.717) is 12.1 Å². The molecule has 19 heavy (non-hydrogen) atoms. The van der Waals surface area contributed by atoms with E-state index in [1.54, 1.807) is 17.4 Å². The van der Waals surface area contributed by atoms with Crippen LogP contribution in [0.2, 0.25) is 0 Å². The van der Waals surface area contributed by atoms with E-state index in [-0.39, 0.29) is 5.82 Å². The van der Waals surface area contributed by atoms with Gasteiger partial charge in [0.05, 0.1) is 10.2 Å². The average molecular weight is 272 g/mol. The van der Waals surface area contributed by atoms with Crippen molar-refractivity contribution in [2.75, 3.05) is 6.54 Å². The van der Waals surface area contributed by atoms with Gasteiger partial charge in [-0.15, -0.1) is 11.3 Å². The SMILES string of the molecule is NCCc1ccccc1-c1nc2cc(F)ccc2s1. The molecule has 0 bridgehead atoms. The topological polar surface area (TPSA) is 38.9 Å². The number of benzene rings is 2. The zero-order valence-electron chi connectivity index (χ0n) is 10.3. The first-order valence-corrected chi connectivity index (χ1v) is 6.94. The third kappa shape index (κ3) is 2.37. The maximum atomic E-state index is 13.2. The first kappa shape index (κ1) is 12.3. The fourth-order valence-electron chi connectivity index (χ4n) is 2.12. The van der Waals surface area contributed by atoms with Crippen molar-refractivity contribution in [3.05, 3.63) is 53.8 Å². The smallest absolute Gasteiger partial charge is 0.125 e. The van der Waals surface area contributed by atoms with Crippen LogP contribution in [-0.4, -0.2) is 11.5 Å². The fourth-order valence-corrected chi connectivity index (χ4v) is 3.12. The van der Waals surface area contributed by atoms with Crippen molar-refractivity contribution in [2.45, 2.75) is 6.42 Å². The summed E-state index contributed by atoms with van der Waals surface area (Å²) in [7, 11) is 0. The van der Waals surface area contributed by atoms with E-state index in [1.807, 2.05) is 18.2 Å². The summed E-state index contributed by atoms with van der Waals surface area (Å²) in [5.41, 5.74) is 8.62. The molecule has 2 N–H and O–H groups in total. The van der Waals surface area contributed by atoms with Crippen molar-refractivity contribution in [3.8, 4) is 10.6 Å². The lowest BCUT2D eigenvalue weighted by Gasteiger charge is -2.04. The number of nitrogens with two attached hydrogens (primary N) is 1. The Kier molecular flexibility index (Phi) is 3.27. The standard InChI is InChI=1S/C15H13FN2S/c16-11-5-6-14-13(9-11)18-15(19-14)12-4-2-1-3-10(12)7-8-17/h1-6,9H,7-8,17H2. The minimum absolute atomic E-state index is 0.250. The molecule has 0 aliphatic heterocycles. The van der Waals surface area contributed by atoms with Crippen LogP contribution in [0.5, 0.6) is 0 Å². The predicted octanol–water partition coefficient (Wildman–Crippen LogP) is 3.60. The van der Waals surface area contributed by atoms with Gasteiger partial charge in [-0.25, -0.2) is 9.37 Å².